The van der Waals surface area contributed by atoms with Gasteiger partial charge in [-0.2, -0.15) is 0 Å². The molecule has 1 aliphatic heterocycles. The number of nitrogens with zero attached hydrogens (tertiary/aromatic N) is 1. The highest BCUT2D eigenvalue weighted by Gasteiger charge is 2.32. The third kappa shape index (κ3) is 9.19. The van der Waals surface area contributed by atoms with Crippen LogP contribution in [0.3, 0.4) is 0 Å². The maximum atomic E-state index is 11.8. The first-order chi connectivity index (χ1) is 11.7. The average Bonchev–Trinajstić information content (AvgIpc) is 2.83. The highest BCUT2D eigenvalue weighted by molar-refractivity contribution is 7.96. The molecule has 0 spiro atoms. The van der Waals surface area contributed by atoms with Crippen LogP contribution in [0.4, 0.5) is 0 Å². The molecule has 0 aliphatic carbocycles. The van der Waals surface area contributed by atoms with E-state index >= 15 is 0 Å². The van der Waals surface area contributed by atoms with Gasteiger partial charge in [-0.1, -0.05) is 11.9 Å². The molecular formula is C14H25N3O6S2. The number of sulfonamides is 1. The number of rotatable bonds is 12. The summed E-state index contributed by atoms with van der Waals surface area (Å²) in [4.78, 5) is 39.3. The molecule has 25 heavy (non-hydrogen) atoms. The fraction of sp³-hybridized carbons (Fsp3) is 0.786. The Morgan fingerprint density at radius 1 is 1.28 bits per heavy atom. The van der Waals surface area contributed by atoms with Crippen molar-refractivity contribution in [3.63, 3.8) is 0 Å². The van der Waals surface area contributed by atoms with E-state index in [1.165, 1.54) is 11.9 Å². The minimum absolute atomic E-state index is 0.0579. The number of carbonyl (C=O) groups excluding carboxylic acids is 3. The van der Waals surface area contributed by atoms with Crippen LogP contribution in [0.1, 0.15) is 38.5 Å². The summed E-state index contributed by atoms with van der Waals surface area (Å²) >= 11 is 1.48. The highest BCUT2D eigenvalue weighted by Crippen LogP contribution is 2.16. The van der Waals surface area contributed by atoms with E-state index in [1.54, 1.807) is 0 Å². The summed E-state index contributed by atoms with van der Waals surface area (Å²) in [5, 5.41) is 0.535. The smallest absolute Gasteiger partial charge is 0.330 e. The number of imide groups is 1. The molecule has 0 bridgehead atoms. The second-order valence-electron chi connectivity index (χ2n) is 5.81. The van der Waals surface area contributed by atoms with Gasteiger partial charge in [-0.15, -0.1) is 5.06 Å². The summed E-state index contributed by atoms with van der Waals surface area (Å²) < 4.78 is 28.0. The minimum Gasteiger partial charge on any atom is -0.330 e. The van der Waals surface area contributed by atoms with Crippen molar-refractivity contribution in [3.05, 3.63) is 0 Å². The molecule has 2 amide bonds. The van der Waals surface area contributed by atoms with Crippen LogP contribution in [0.15, 0.2) is 0 Å². The Bertz CT molecular complexity index is 565. The van der Waals surface area contributed by atoms with Crippen molar-refractivity contribution < 1.29 is 27.6 Å². The lowest BCUT2D eigenvalue weighted by Crippen LogP contribution is -2.32. The van der Waals surface area contributed by atoms with Crippen molar-refractivity contribution >= 4 is 39.8 Å². The summed E-state index contributed by atoms with van der Waals surface area (Å²) in [6, 6.07) is 0. The van der Waals surface area contributed by atoms with Gasteiger partial charge < -0.3 is 4.84 Å². The van der Waals surface area contributed by atoms with E-state index in [-0.39, 0.29) is 25.2 Å². The van der Waals surface area contributed by atoms with E-state index in [1.807, 2.05) is 6.26 Å². The third-order valence-corrected chi connectivity index (χ3v) is 4.81. The number of hydroxylamine groups is 2. The van der Waals surface area contributed by atoms with E-state index in [9.17, 15) is 22.8 Å². The van der Waals surface area contributed by atoms with E-state index in [0.717, 1.165) is 19.2 Å². The van der Waals surface area contributed by atoms with Gasteiger partial charge in [-0.25, -0.2) is 17.9 Å². The summed E-state index contributed by atoms with van der Waals surface area (Å²) in [7, 11) is -3.27. The zero-order valence-corrected chi connectivity index (χ0v) is 16.1. The van der Waals surface area contributed by atoms with Crippen LogP contribution in [0, 0.1) is 5.92 Å². The highest BCUT2D eigenvalue weighted by atomic mass is 32.2. The Labute approximate surface area is 152 Å². The standard InChI is InChI=1S/C14H25N3O6S2/c1-24-15-9-8-11(10-16-25(2,21)22)4-3-5-14(20)23-17-12(18)6-7-13(17)19/h11,15-16H,3-10H2,1-2H3. The van der Waals surface area contributed by atoms with Gasteiger partial charge in [0.05, 0.1) is 6.26 Å². The number of hydrogen-bond donors (Lipinski definition) is 2. The Balaban J connectivity index is 2.37. The lowest BCUT2D eigenvalue weighted by atomic mass is 9.99. The van der Waals surface area contributed by atoms with Gasteiger partial charge in [0.2, 0.25) is 10.0 Å². The van der Waals surface area contributed by atoms with E-state index in [2.05, 4.69) is 9.44 Å². The number of hydrogen-bond acceptors (Lipinski definition) is 8. The van der Waals surface area contributed by atoms with Gasteiger partial charge in [0.25, 0.3) is 11.8 Å². The maximum Gasteiger partial charge on any atom is 0.333 e. The van der Waals surface area contributed by atoms with Gasteiger partial charge in [-0.05, 0) is 31.4 Å². The Kier molecular flexibility index (Phi) is 9.39. The Morgan fingerprint density at radius 3 is 2.48 bits per heavy atom. The van der Waals surface area contributed by atoms with Crippen molar-refractivity contribution in [2.24, 2.45) is 5.92 Å². The molecule has 2 N–H and O–H groups in total. The van der Waals surface area contributed by atoms with Crippen molar-refractivity contribution in [2.75, 3.05) is 25.6 Å². The van der Waals surface area contributed by atoms with Crippen LogP contribution >= 0.6 is 11.9 Å². The lowest BCUT2D eigenvalue weighted by molar-refractivity contribution is -0.197. The SMILES string of the molecule is CSNCCC(CCCC(=O)ON1C(=O)CCC1=O)CNS(C)(=O)=O. The Morgan fingerprint density at radius 2 is 1.92 bits per heavy atom. The molecule has 1 rings (SSSR count). The van der Waals surface area contributed by atoms with Crippen LogP contribution in [0.5, 0.6) is 0 Å². The Hall–Kier alpha value is -1.17. The molecule has 0 aromatic carbocycles. The van der Waals surface area contributed by atoms with Crippen LogP contribution < -0.4 is 9.44 Å². The second kappa shape index (κ2) is 10.7. The second-order valence-corrected chi connectivity index (χ2v) is 8.34. The molecule has 0 aromatic heterocycles. The quantitative estimate of drug-likeness (QED) is 0.273. The molecule has 1 unspecified atom stereocenters. The van der Waals surface area contributed by atoms with Crippen molar-refractivity contribution in [3.8, 4) is 0 Å². The predicted octanol–water partition coefficient (Wildman–Crippen LogP) is 0.187. The fourth-order valence-corrected chi connectivity index (χ4v) is 3.18. The first kappa shape index (κ1) is 21.9. The third-order valence-electron chi connectivity index (χ3n) is 3.63. The van der Waals surface area contributed by atoms with Gasteiger partial charge in [0.15, 0.2) is 0 Å². The zero-order chi connectivity index (χ0) is 18.9. The number of nitrogens with one attached hydrogen (secondary N) is 2. The summed E-state index contributed by atoms with van der Waals surface area (Å²) in [6.07, 6.45) is 5.04. The molecule has 0 saturated carbocycles. The molecule has 9 nitrogen and oxygen atoms in total. The summed E-state index contributed by atoms with van der Waals surface area (Å²) in [6.45, 7) is 1.02. The molecular weight excluding hydrogens is 370 g/mol. The van der Waals surface area contributed by atoms with E-state index < -0.39 is 27.8 Å². The normalized spacial score (nSPS) is 16.3. The van der Waals surface area contributed by atoms with Crippen LogP contribution in [-0.2, 0) is 29.2 Å². The zero-order valence-electron chi connectivity index (χ0n) is 14.4. The average molecular weight is 396 g/mol. The molecule has 1 heterocycles. The molecule has 0 aromatic rings. The molecule has 0 radical (unpaired) electrons. The van der Waals surface area contributed by atoms with Gasteiger partial charge in [-0.3, -0.25) is 14.3 Å². The van der Waals surface area contributed by atoms with E-state index in [0.29, 0.717) is 24.4 Å². The molecule has 1 atom stereocenters. The monoisotopic (exact) mass is 395 g/mol. The number of amides is 2. The summed E-state index contributed by atoms with van der Waals surface area (Å²) in [5.41, 5.74) is 0. The van der Waals surface area contributed by atoms with Crippen molar-refractivity contribution in [1.29, 1.82) is 0 Å². The largest absolute Gasteiger partial charge is 0.333 e. The van der Waals surface area contributed by atoms with Crippen LogP contribution in [0.2, 0.25) is 0 Å². The van der Waals surface area contributed by atoms with Gasteiger partial charge in [0.1, 0.15) is 0 Å². The number of carbonyl (C=O) groups is 3. The first-order valence-corrected chi connectivity index (χ1v) is 11.1. The topological polar surface area (TPSA) is 122 Å². The van der Waals surface area contributed by atoms with Gasteiger partial charge in [0, 0.05) is 32.4 Å². The van der Waals surface area contributed by atoms with Crippen LogP contribution in [-0.4, -0.2) is 56.9 Å². The van der Waals surface area contributed by atoms with Gasteiger partial charge >= 0.3 is 5.97 Å². The van der Waals surface area contributed by atoms with E-state index in [4.69, 9.17) is 4.84 Å². The molecule has 144 valence electrons. The maximum absolute atomic E-state index is 11.8. The van der Waals surface area contributed by atoms with Crippen molar-refractivity contribution in [2.45, 2.75) is 38.5 Å². The van der Waals surface area contributed by atoms with Crippen LogP contribution in [0.25, 0.3) is 0 Å². The summed E-state index contributed by atoms with van der Waals surface area (Å²) in [5.74, 6) is -1.58. The molecule has 1 aliphatic rings. The first-order valence-electron chi connectivity index (χ1n) is 8.00. The predicted molar refractivity (Wildman–Crippen MR) is 93.5 cm³/mol. The fourth-order valence-electron chi connectivity index (χ4n) is 2.32. The minimum atomic E-state index is -3.27. The van der Waals surface area contributed by atoms with Crippen molar-refractivity contribution in [1.82, 2.24) is 14.5 Å². The molecule has 11 heteroatoms. The molecule has 1 saturated heterocycles. The lowest BCUT2D eigenvalue weighted by Gasteiger charge is -2.17. The molecule has 1 fully saturated rings.